The van der Waals surface area contributed by atoms with Gasteiger partial charge in [0.1, 0.15) is 0 Å². The normalized spacial score (nSPS) is 11.2. The summed E-state index contributed by atoms with van der Waals surface area (Å²) in [6, 6.07) is 8.72. The predicted octanol–water partition coefficient (Wildman–Crippen LogP) is 0.977. The molecule has 1 rings (SSSR count). The summed E-state index contributed by atoms with van der Waals surface area (Å²) in [6.07, 6.45) is 1.09. The standard InChI is InChI=1S/C10H10O2/c1-8(11)7-10(12)9-5-3-2-4-6-9/h2-7,12H,1H3/p-1. The Kier molecular flexibility index (Phi) is 2.64. The molecule has 0 N–H and O–H groups in total. The average molecular weight is 161 g/mol. The predicted molar refractivity (Wildman–Crippen MR) is 45.1 cm³/mol. The molecule has 0 spiro atoms. The SMILES string of the molecule is CC(=O)C=C([O-])c1ccccc1. The van der Waals surface area contributed by atoms with Gasteiger partial charge in [-0.1, -0.05) is 36.1 Å². The van der Waals surface area contributed by atoms with Crippen LogP contribution in [0.1, 0.15) is 12.5 Å². The Morgan fingerprint density at radius 1 is 1.33 bits per heavy atom. The number of carbonyl (C=O) groups is 1. The largest absolute Gasteiger partial charge is 0.872 e. The van der Waals surface area contributed by atoms with E-state index < -0.39 is 0 Å². The molecule has 0 saturated heterocycles. The molecule has 0 amide bonds. The monoisotopic (exact) mass is 161 g/mol. The van der Waals surface area contributed by atoms with Crippen molar-refractivity contribution >= 4 is 11.5 Å². The first-order valence-electron chi connectivity index (χ1n) is 3.65. The van der Waals surface area contributed by atoms with Crippen molar-refractivity contribution in [3.63, 3.8) is 0 Å². The molecule has 0 fully saturated rings. The first kappa shape index (κ1) is 8.53. The molecule has 0 aromatic heterocycles. The van der Waals surface area contributed by atoms with Crippen molar-refractivity contribution in [3.05, 3.63) is 42.0 Å². The van der Waals surface area contributed by atoms with E-state index in [2.05, 4.69) is 0 Å². The molecule has 62 valence electrons. The lowest BCUT2D eigenvalue weighted by atomic mass is 10.1. The van der Waals surface area contributed by atoms with E-state index in [9.17, 15) is 9.90 Å². The van der Waals surface area contributed by atoms with E-state index in [-0.39, 0.29) is 11.5 Å². The van der Waals surface area contributed by atoms with Crippen LogP contribution in [0.25, 0.3) is 5.76 Å². The molecule has 0 unspecified atom stereocenters. The third kappa shape index (κ3) is 2.23. The molecular weight excluding hydrogens is 152 g/mol. The first-order chi connectivity index (χ1) is 5.70. The van der Waals surface area contributed by atoms with Crippen LogP contribution in [-0.4, -0.2) is 5.78 Å². The van der Waals surface area contributed by atoms with Crippen molar-refractivity contribution in [1.29, 1.82) is 0 Å². The van der Waals surface area contributed by atoms with Gasteiger partial charge in [-0.2, -0.15) is 0 Å². The van der Waals surface area contributed by atoms with Crippen LogP contribution >= 0.6 is 0 Å². The topological polar surface area (TPSA) is 40.1 Å². The Labute approximate surface area is 71.2 Å². The summed E-state index contributed by atoms with van der Waals surface area (Å²) in [5.41, 5.74) is 0.549. The quantitative estimate of drug-likeness (QED) is 0.479. The molecule has 0 aliphatic heterocycles. The average Bonchev–Trinajstić information content (AvgIpc) is 2.05. The molecule has 0 saturated carbocycles. The van der Waals surface area contributed by atoms with Gasteiger partial charge in [-0.3, -0.25) is 4.79 Å². The fraction of sp³-hybridized carbons (Fsp3) is 0.100. The molecule has 2 heteroatoms. The molecule has 0 heterocycles. The summed E-state index contributed by atoms with van der Waals surface area (Å²) < 4.78 is 0. The maximum absolute atomic E-state index is 11.2. The number of hydrogen-bond donors (Lipinski definition) is 0. The van der Waals surface area contributed by atoms with Crippen molar-refractivity contribution in [3.8, 4) is 0 Å². The van der Waals surface area contributed by atoms with Crippen LogP contribution in [0.3, 0.4) is 0 Å². The minimum absolute atomic E-state index is 0.219. The van der Waals surface area contributed by atoms with Gasteiger partial charge in [0.15, 0.2) is 5.78 Å². The highest BCUT2D eigenvalue weighted by Gasteiger charge is 1.89. The highest BCUT2D eigenvalue weighted by atomic mass is 16.3. The fourth-order valence-corrected chi connectivity index (χ4v) is 0.870. The molecule has 1 aromatic carbocycles. The minimum Gasteiger partial charge on any atom is -0.872 e. The Bertz CT molecular complexity index is 299. The first-order valence-corrected chi connectivity index (χ1v) is 3.65. The van der Waals surface area contributed by atoms with Crippen molar-refractivity contribution < 1.29 is 9.90 Å². The van der Waals surface area contributed by atoms with Gasteiger partial charge < -0.3 is 5.11 Å². The molecule has 0 aliphatic rings. The van der Waals surface area contributed by atoms with E-state index in [1.807, 2.05) is 6.07 Å². The summed E-state index contributed by atoms with van der Waals surface area (Å²) in [7, 11) is 0. The molecule has 2 nitrogen and oxygen atoms in total. The summed E-state index contributed by atoms with van der Waals surface area (Å²) in [5, 5.41) is 11.2. The zero-order valence-electron chi connectivity index (χ0n) is 6.78. The second kappa shape index (κ2) is 3.72. The number of allylic oxidation sites excluding steroid dienone is 1. The van der Waals surface area contributed by atoms with Gasteiger partial charge in [0.2, 0.25) is 0 Å². The van der Waals surface area contributed by atoms with E-state index >= 15 is 0 Å². The van der Waals surface area contributed by atoms with Gasteiger partial charge in [0.25, 0.3) is 0 Å². The molecule has 0 aliphatic carbocycles. The van der Waals surface area contributed by atoms with Crippen molar-refractivity contribution in [1.82, 2.24) is 0 Å². The summed E-state index contributed by atoms with van der Waals surface area (Å²) in [5.74, 6) is -0.452. The molecule has 0 bridgehead atoms. The van der Waals surface area contributed by atoms with Gasteiger partial charge in [0, 0.05) is 0 Å². The maximum atomic E-state index is 11.2. The number of carbonyl (C=O) groups excluding carboxylic acids is 1. The van der Waals surface area contributed by atoms with Gasteiger partial charge in [0.05, 0.1) is 0 Å². The maximum Gasteiger partial charge on any atom is 0.152 e. The van der Waals surface area contributed by atoms with E-state index in [4.69, 9.17) is 0 Å². The smallest absolute Gasteiger partial charge is 0.152 e. The summed E-state index contributed by atoms with van der Waals surface area (Å²) in [4.78, 5) is 10.6. The van der Waals surface area contributed by atoms with Crippen LogP contribution in [0.15, 0.2) is 36.4 Å². The fourth-order valence-electron chi connectivity index (χ4n) is 0.870. The van der Waals surface area contributed by atoms with Crippen LogP contribution in [0.5, 0.6) is 0 Å². The number of benzene rings is 1. The minimum atomic E-state index is -0.233. The second-order valence-corrected chi connectivity index (χ2v) is 2.49. The van der Waals surface area contributed by atoms with Crippen molar-refractivity contribution in [2.45, 2.75) is 6.92 Å². The molecule has 1 aromatic rings. The van der Waals surface area contributed by atoms with E-state index in [1.165, 1.54) is 6.92 Å². The van der Waals surface area contributed by atoms with Crippen molar-refractivity contribution in [2.24, 2.45) is 0 Å². The lowest BCUT2D eigenvalue weighted by Crippen LogP contribution is -2.03. The third-order valence-electron chi connectivity index (χ3n) is 1.39. The molecular formula is C10H9O2-. The number of ketones is 1. The van der Waals surface area contributed by atoms with Crippen LogP contribution in [0, 0.1) is 0 Å². The summed E-state index contributed by atoms with van der Waals surface area (Å²) >= 11 is 0. The highest BCUT2D eigenvalue weighted by Crippen LogP contribution is 2.06. The van der Waals surface area contributed by atoms with Crippen LogP contribution in [0.4, 0.5) is 0 Å². The third-order valence-corrected chi connectivity index (χ3v) is 1.39. The zero-order valence-corrected chi connectivity index (χ0v) is 6.78. The lowest BCUT2D eigenvalue weighted by molar-refractivity contribution is -0.243. The van der Waals surface area contributed by atoms with Gasteiger partial charge in [-0.05, 0) is 18.6 Å². The van der Waals surface area contributed by atoms with Gasteiger partial charge in [-0.15, -0.1) is 0 Å². The number of rotatable bonds is 2. The van der Waals surface area contributed by atoms with E-state index in [0.717, 1.165) is 6.08 Å². The Morgan fingerprint density at radius 2 is 1.92 bits per heavy atom. The van der Waals surface area contributed by atoms with E-state index in [0.29, 0.717) is 5.56 Å². The van der Waals surface area contributed by atoms with Crippen LogP contribution in [-0.2, 0) is 4.79 Å². The van der Waals surface area contributed by atoms with Crippen molar-refractivity contribution in [2.75, 3.05) is 0 Å². The molecule has 12 heavy (non-hydrogen) atoms. The molecule has 0 radical (unpaired) electrons. The Hall–Kier alpha value is -1.57. The summed E-state index contributed by atoms with van der Waals surface area (Å²) in [6.45, 7) is 1.36. The van der Waals surface area contributed by atoms with Crippen LogP contribution in [0.2, 0.25) is 0 Å². The van der Waals surface area contributed by atoms with Gasteiger partial charge >= 0.3 is 0 Å². The van der Waals surface area contributed by atoms with Crippen LogP contribution < -0.4 is 5.11 Å². The zero-order chi connectivity index (χ0) is 8.97. The second-order valence-electron chi connectivity index (χ2n) is 2.49. The van der Waals surface area contributed by atoms with Gasteiger partial charge in [-0.25, -0.2) is 0 Å². The Balaban J connectivity index is 2.93. The highest BCUT2D eigenvalue weighted by molar-refractivity contribution is 5.93. The van der Waals surface area contributed by atoms with E-state index in [1.54, 1.807) is 24.3 Å². The molecule has 0 atom stereocenters. The number of hydrogen-bond acceptors (Lipinski definition) is 2. The Morgan fingerprint density at radius 3 is 2.42 bits per heavy atom. The lowest BCUT2D eigenvalue weighted by Gasteiger charge is -2.10.